The average Bonchev–Trinajstić information content (AvgIpc) is 3.31. The molecule has 24 heavy (non-hydrogen) atoms. The molecule has 2 heterocycles. The SMILES string of the molecule is COc1ccc(-c2cc(C(=O)NN=C(C)c3ccco3)[nH]n2)cc1. The number of hydrazone groups is 1. The summed E-state index contributed by atoms with van der Waals surface area (Å²) >= 11 is 0. The van der Waals surface area contributed by atoms with Gasteiger partial charge >= 0.3 is 0 Å². The zero-order chi connectivity index (χ0) is 16.9. The van der Waals surface area contributed by atoms with E-state index in [0.717, 1.165) is 11.3 Å². The molecule has 3 aromatic rings. The molecule has 0 fully saturated rings. The summed E-state index contributed by atoms with van der Waals surface area (Å²) in [6, 6.07) is 12.6. The van der Waals surface area contributed by atoms with E-state index in [1.807, 2.05) is 24.3 Å². The first kappa shape index (κ1) is 15.5. The van der Waals surface area contributed by atoms with Crippen molar-refractivity contribution in [3.05, 3.63) is 60.2 Å². The lowest BCUT2D eigenvalue weighted by molar-refractivity contribution is 0.0950. The van der Waals surface area contributed by atoms with Crippen LogP contribution in [0.25, 0.3) is 11.3 Å². The van der Waals surface area contributed by atoms with Gasteiger partial charge in [-0.2, -0.15) is 10.2 Å². The summed E-state index contributed by atoms with van der Waals surface area (Å²) in [5, 5.41) is 10.9. The molecule has 7 nitrogen and oxygen atoms in total. The molecule has 0 aliphatic carbocycles. The van der Waals surface area contributed by atoms with E-state index in [9.17, 15) is 4.79 Å². The van der Waals surface area contributed by atoms with E-state index in [2.05, 4.69) is 20.7 Å². The number of H-pyrrole nitrogens is 1. The Morgan fingerprint density at radius 1 is 1.29 bits per heavy atom. The van der Waals surface area contributed by atoms with Gasteiger partial charge in [0, 0.05) is 5.56 Å². The van der Waals surface area contributed by atoms with Gasteiger partial charge in [0.05, 0.1) is 19.1 Å². The average molecular weight is 324 g/mol. The van der Waals surface area contributed by atoms with Gasteiger partial charge in [0.2, 0.25) is 0 Å². The Hall–Kier alpha value is -3.35. The zero-order valence-corrected chi connectivity index (χ0v) is 13.2. The highest BCUT2D eigenvalue weighted by Gasteiger charge is 2.11. The minimum absolute atomic E-state index is 0.316. The van der Waals surface area contributed by atoms with Crippen LogP contribution in [0.2, 0.25) is 0 Å². The molecular weight excluding hydrogens is 308 g/mol. The maximum atomic E-state index is 12.1. The number of amides is 1. The number of carbonyl (C=O) groups excluding carboxylic acids is 1. The lowest BCUT2D eigenvalue weighted by Crippen LogP contribution is -2.19. The largest absolute Gasteiger partial charge is 0.497 e. The Morgan fingerprint density at radius 2 is 2.08 bits per heavy atom. The fraction of sp³-hybridized carbons (Fsp3) is 0.118. The number of carbonyl (C=O) groups is 1. The van der Waals surface area contributed by atoms with Crippen molar-refractivity contribution in [2.45, 2.75) is 6.92 Å². The molecule has 0 spiro atoms. The lowest BCUT2D eigenvalue weighted by Gasteiger charge is -2.00. The van der Waals surface area contributed by atoms with Crippen molar-refractivity contribution in [3.63, 3.8) is 0 Å². The van der Waals surface area contributed by atoms with Crippen LogP contribution in [0.3, 0.4) is 0 Å². The molecule has 0 atom stereocenters. The van der Waals surface area contributed by atoms with Gasteiger partial charge in [-0.3, -0.25) is 9.89 Å². The van der Waals surface area contributed by atoms with Crippen molar-refractivity contribution < 1.29 is 13.9 Å². The van der Waals surface area contributed by atoms with Crippen LogP contribution in [-0.2, 0) is 0 Å². The van der Waals surface area contributed by atoms with Crippen LogP contribution in [0.15, 0.2) is 58.2 Å². The quantitative estimate of drug-likeness (QED) is 0.557. The third-order valence-corrected chi connectivity index (χ3v) is 3.41. The van der Waals surface area contributed by atoms with Crippen LogP contribution in [0.5, 0.6) is 5.75 Å². The number of aromatic nitrogens is 2. The van der Waals surface area contributed by atoms with Gasteiger partial charge in [-0.15, -0.1) is 0 Å². The maximum Gasteiger partial charge on any atom is 0.289 e. The zero-order valence-electron chi connectivity index (χ0n) is 13.2. The molecule has 0 bridgehead atoms. The number of hydrogen-bond acceptors (Lipinski definition) is 5. The smallest absolute Gasteiger partial charge is 0.289 e. The van der Waals surface area contributed by atoms with E-state index in [-0.39, 0.29) is 5.91 Å². The number of rotatable bonds is 5. The first-order valence-corrected chi connectivity index (χ1v) is 7.25. The van der Waals surface area contributed by atoms with Crippen molar-refractivity contribution in [2.24, 2.45) is 5.10 Å². The van der Waals surface area contributed by atoms with E-state index < -0.39 is 0 Å². The molecule has 0 saturated carbocycles. The standard InChI is InChI=1S/C17H16N4O3/c1-11(16-4-3-9-24-16)18-21-17(22)15-10-14(19-20-15)12-5-7-13(23-2)8-6-12/h3-10H,1-2H3,(H,19,20)(H,21,22). The van der Waals surface area contributed by atoms with Gasteiger partial charge in [-0.05, 0) is 49.4 Å². The lowest BCUT2D eigenvalue weighted by atomic mass is 10.1. The van der Waals surface area contributed by atoms with Crippen molar-refractivity contribution in [1.82, 2.24) is 15.6 Å². The Labute approximate surface area is 138 Å². The molecule has 0 aliphatic heterocycles. The maximum absolute atomic E-state index is 12.1. The third-order valence-electron chi connectivity index (χ3n) is 3.41. The van der Waals surface area contributed by atoms with E-state index in [4.69, 9.17) is 9.15 Å². The number of methoxy groups -OCH3 is 1. The molecular formula is C17H16N4O3. The van der Waals surface area contributed by atoms with Gasteiger partial charge in [-0.25, -0.2) is 5.43 Å². The van der Waals surface area contributed by atoms with Crippen LogP contribution in [0.4, 0.5) is 0 Å². The Balaban J connectivity index is 1.70. The van der Waals surface area contributed by atoms with Crippen LogP contribution >= 0.6 is 0 Å². The van der Waals surface area contributed by atoms with Crippen LogP contribution in [0, 0.1) is 0 Å². The minimum atomic E-state index is -0.381. The molecule has 0 unspecified atom stereocenters. The van der Waals surface area contributed by atoms with E-state index in [1.165, 1.54) is 0 Å². The molecule has 3 rings (SSSR count). The molecule has 1 amide bonds. The highest BCUT2D eigenvalue weighted by Crippen LogP contribution is 2.21. The number of hydrogen-bond donors (Lipinski definition) is 2. The topological polar surface area (TPSA) is 92.5 Å². The number of benzene rings is 1. The Kier molecular flexibility index (Phi) is 4.42. The predicted octanol–water partition coefficient (Wildman–Crippen LogP) is 2.83. The molecule has 7 heteroatoms. The summed E-state index contributed by atoms with van der Waals surface area (Å²) in [5.41, 5.74) is 4.89. The fourth-order valence-corrected chi connectivity index (χ4v) is 2.08. The summed E-state index contributed by atoms with van der Waals surface area (Å²) in [7, 11) is 1.61. The van der Waals surface area contributed by atoms with Gasteiger partial charge < -0.3 is 9.15 Å². The summed E-state index contributed by atoms with van der Waals surface area (Å²) in [6.07, 6.45) is 1.55. The monoisotopic (exact) mass is 324 g/mol. The highest BCUT2D eigenvalue weighted by molar-refractivity contribution is 5.98. The second kappa shape index (κ2) is 6.82. The van der Waals surface area contributed by atoms with Crippen LogP contribution in [0.1, 0.15) is 23.2 Å². The first-order valence-electron chi connectivity index (χ1n) is 7.25. The fourth-order valence-electron chi connectivity index (χ4n) is 2.08. The van der Waals surface area contributed by atoms with Crippen molar-refractivity contribution in [3.8, 4) is 17.0 Å². The summed E-state index contributed by atoms with van der Waals surface area (Å²) in [4.78, 5) is 12.1. The van der Waals surface area contributed by atoms with Crippen LogP contribution < -0.4 is 10.2 Å². The third kappa shape index (κ3) is 3.35. The molecule has 0 saturated heterocycles. The molecule has 2 aromatic heterocycles. The summed E-state index contributed by atoms with van der Waals surface area (Å²) < 4.78 is 10.3. The molecule has 122 valence electrons. The second-order valence-electron chi connectivity index (χ2n) is 5.01. The van der Waals surface area contributed by atoms with E-state index >= 15 is 0 Å². The Bertz CT molecular complexity index is 848. The van der Waals surface area contributed by atoms with Gasteiger partial charge in [0.15, 0.2) is 0 Å². The number of ether oxygens (including phenoxy) is 1. The first-order chi connectivity index (χ1) is 11.7. The second-order valence-corrected chi connectivity index (χ2v) is 5.01. The van der Waals surface area contributed by atoms with Crippen molar-refractivity contribution >= 4 is 11.6 Å². The van der Waals surface area contributed by atoms with Crippen molar-refractivity contribution in [2.75, 3.05) is 7.11 Å². The minimum Gasteiger partial charge on any atom is -0.497 e. The van der Waals surface area contributed by atoms with Crippen LogP contribution in [-0.4, -0.2) is 28.9 Å². The molecule has 0 radical (unpaired) electrons. The number of nitrogens with zero attached hydrogens (tertiary/aromatic N) is 2. The molecule has 1 aromatic carbocycles. The van der Waals surface area contributed by atoms with Gasteiger partial charge in [0.25, 0.3) is 5.91 Å². The normalized spacial score (nSPS) is 11.3. The summed E-state index contributed by atoms with van der Waals surface area (Å²) in [5.74, 6) is 0.974. The van der Waals surface area contributed by atoms with E-state index in [1.54, 1.807) is 38.5 Å². The van der Waals surface area contributed by atoms with Gasteiger partial charge in [-0.1, -0.05) is 0 Å². The number of nitrogens with one attached hydrogen (secondary N) is 2. The highest BCUT2D eigenvalue weighted by atomic mass is 16.5. The van der Waals surface area contributed by atoms with Gasteiger partial charge in [0.1, 0.15) is 22.9 Å². The molecule has 2 N–H and O–H groups in total. The van der Waals surface area contributed by atoms with E-state index in [0.29, 0.717) is 22.9 Å². The number of furan rings is 1. The number of aromatic amines is 1. The predicted molar refractivity (Wildman–Crippen MR) is 89.0 cm³/mol. The summed E-state index contributed by atoms with van der Waals surface area (Å²) in [6.45, 7) is 1.74. The van der Waals surface area contributed by atoms with Crippen molar-refractivity contribution in [1.29, 1.82) is 0 Å². The molecule has 0 aliphatic rings. The Morgan fingerprint density at radius 3 is 2.75 bits per heavy atom.